The third kappa shape index (κ3) is 2.49. The number of aryl methyl sites for hydroxylation is 1. The maximum absolute atomic E-state index is 11.9. The van der Waals surface area contributed by atoms with E-state index in [9.17, 15) is 4.79 Å². The van der Waals surface area contributed by atoms with E-state index >= 15 is 0 Å². The Balaban J connectivity index is 2.12. The molecule has 3 heteroatoms. The van der Waals surface area contributed by atoms with Gasteiger partial charge in [0.05, 0.1) is 12.3 Å². The van der Waals surface area contributed by atoms with Crippen molar-refractivity contribution in [2.75, 3.05) is 6.61 Å². The fraction of sp³-hybridized carbons (Fsp3) is 0.136. The zero-order valence-corrected chi connectivity index (χ0v) is 14.3. The van der Waals surface area contributed by atoms with Gasteiger partial charge in [-0.2, -0.15) is 0 Å². The Hall–Kier alpha value is -3.07. The minimum Gasteiger partial charge on any atom is -0.493 e. The molecule has 0 fully saturated rings. The van der Waals surface area contributed by atoms with Gasteiger partial charge in [0.2, 0.25) is 0 Å². The average molecular weight is 329 g/mol. The molecule has 25 heavy (non-hydrogen) atoms. The number of aldehydes is 1. The highest BCUT2D eigenvalue weighted by Gasteiger charge is 2.18. The van der Waals surface area contributed by atoms with E-state index in [0.717, 1.165) is 45.0 Å². The van der Waals surface area contributed by atoms with Gasteiger partial charge in [-0.25, -0.2) is 0 Å². The van der Waals surface area contributed by atoms with Gasteiger partial charge in [0.15, 0.2) is 6.29 Å². The van der Waals surface area contributed by atoms with Crippen LogP contribution in [0.5, 0.6) is 5.75 Å². The van der Waals surface area contributed by atoms with E-state index in [0.29, 0.717) is 12.3 Å². The molecule has 0 N–H and O–H groups in total. The molecule has 2 heterocycles. The summed E-state index contributed by atoms with van der Waals surface area (Å²) >= 11 is 0. The molecule has 0 aliphatic carbocycles. The van der Waals surface area contributed by atoms with Crippen molar-refractivity contribution in [3.8, 4) is 16.9 Å². The third-order valence-electron chi connectivity index (χ3n) is 4.53. The topological polar surface area (TPSA) is 30.7 Å². The second kappa shape index (κ2) is 6.10. The fourth-order valence-electron chi connectivity index (χ4n) is 3.42. The van der Waals surface area contributed by atoms with Gasteiger partial charge in [-0.3, -0.25) is 4.79 Å². The van der Waals surface area contributed by atoms with Crippen LogP contribution in [0.25, 0.3) is 27.4 Å². The Kier molecular flexibility index (Phi) is 3.77. The summed E-state index contributed by atoms with van der Waals surface area (Å²) in [5, 5.41) is 2.22. The summed E-state index contributed by atoms with van der Waals surface area (Å²) in [6.45, 7) is 4.57. The van der Waals surface area contributed by atoms with Gasteiger partial charge in [0.25, 0.3) is 0 Å². The van der Waals surface area contributed by atoms with Crippen LogP contribution in [0.2, 0.25) is 0 Å². The molecule has 0 radical (unpaired) electrons. The summed E-state index contributed by atoms with van der Waals surface area (Å²) in [5.41, 5.74) is 4.64. The van der Waals surface area contributed by atoms with Crippen molar-refractivity contribution in [3.05, 3.63) is 72.1 Å². The zero-order valence-electron chi connectivity index (χ0n) is 14.3. The molecule has 0 spiro atoms. The fourth-order valence-corrected chi connectivity index (χ4v) is 3.42. The number of carbonyl (C=O) groups excluding carboxylic acids is 1. The highest BCUT2D eigenvalue weighted by molar-refractivity contribution is 6.04. The molecule has 124 valence electrons. The van der Waals surface area contributed by atoms with Crippen molar-refractivity contribution in [3.63, 3.8) is 0 Å². The first-order valence-corrected chi connectivity index (χ1v) is 8.44. The molecule has 0 atom stereocenters. The van der Waals surface area contributed by atoms with Crippen LogP contribution in [0.3, 0.4) is 0 Å². The lowest BCUT2D eigenvalue weighted by Crippen LogP contribution is -1.97. The quantitative estimate of drug-likeness (QED) is 0.477. The highest BCUT2D eigenvalue weighted by Crippen LogP contribution is 2.40. The Labute approximate surface area is 146 Å². The summed E-state index contributed by atoms with van der Waals surface area (Å²) in [5.74, 6) is 0.803. The molecule has 2 aromatic heterocycles. The number of hydrogen-bond donors (Lipinski definition) is 0. The molecule has 0 bridgehead atoms. The predicted molar refractivity (Wildman–Crippen MR) is 102 cm³/mol. The summed E-state index contributed by atoms with van der Waals surface area (Å²) in [4.78, 5) is 11.9. The van der Waals surface area contributed by atoms with Gasteiger partial charge in [-0.15, -0.1) is 0 Å². The molecule has 0 saturated heterocycles. The molecule has 0 aliphatic heterocycles. The molecule has 0 aliphatic rings. The maximum atomic E-state index is 11.9. The minimum absolute atomic E-state index is 0.578. The lowest BCUT2D eigenvalue weighted by Gasteiger charge is -2.13. The summed E-state index contributed by atoms with van der Waals surface area (Å²) in [6, 6.07) is 18.4. The number of rotatable bonds is 4. The van der Waals surface area contributed by atoms with E-state index in [1.54, 1.807) is 0 Å². The van der Waals surface area contributed by atoms with E-state index < -0.39 is 0 Å². The third-order valence-corrected chi connectivity index (χ3v) is 4.53. The lowest BCUT2D eigenvalue weighted by atomic mass is 9.97. The minimum atomic E-state index is 0.578. The van der Waals surface area contributed by atoms with Crippen molar-refractivity contribution in [1.82, 2.24) is 4.40 Å². The van der Waals surface area contributed by atoms with E-state index in [1.807, 2.05) is 48.7 Å². The molecule has 3 nitrogen and oxygen atoms in total. The highest BCUT2D eigenvalue weighted by atomic mass is 16.5. The molecule has 0 amide bonds. The smallest absolute Gasteiger partial charge is 0.167 e. The monoisotopic (exact) mass is 329 g/mol. The number of nitrogens with zero attached hydrogens (tertiary/aromatic N) is 1. The predicted octanol–water partition coefficient (Wildman–Crippen LogP) is 5.28. The number of carbonyl (C=O) groups is 1. The first-order valence-electron chi connectivity index (χ1n) is 8.44. The number of hydrogen-bond acceptors (Lipinski definition) is 2. The van der Waals surface area contributed by atoms with Crippen LogP contribution in [0.1, 0.15) is 23.0 Å². The summed E-state index contributed by atoms with van der Waals surface area (Å²) in [6.07, 6.45) is 2.92. The van der Waals surface area contributed by atoms with E-state index in [4.69, 9.17) is 4.74 Å². The Morgan fingerprint density at radius 2 is 1.92 bits per heavy atom. The number of benzene rings is 2. The standard InChI is InChI=1S/C22H19NO2/c1-3-25-21-11-9-16-6-4-5-7-18(16)22(21)19-12-17-10-8-15(2)13-23(17)20(19)14-24/h4-14H,3H2,1-2H3. The molecular weight excluding hydrogens is 310 g/mol. The van der Waals surface area contributed by atoms with E-state index in [2.05, 4.69) is 30.3 Å². The van der Waals surface area contributed by atoms with Gasteiger partial charge in [0, 0.05) is 22.8 Å². The molecule has 2 aromatic carbocycles. The Morgan fingerprint density at radius 3 is 2.72 bits per heavy atom. The number of ether oxygens (including phenoxy) is 1. The second-order valence-electron chi connectivity index (χ2n) is 6.16. The molecular formula is C22H19NO2. The first kappa shape index (κ1) is 15.5. The summed E-state index contributed by atoms with van der Waals surface area (Å²) < 4.78 is 7.85. The molecule has 0 unspecified atom stereocenters. The molecule has 4 aromatic rings. The molecule has 0 saturated carbocycles. The average Bonchev–Trinajstić information content (AvgIpc) is 2.99. The van der Waals surface area contributed by atoms with Gasteiger partial charge in [0.1, 0.15) is 5.75 Å². The van der Waals surface area contributed by atoms with Crippen LogP contribution in [-0.2, 0) is 0 Å². The molecule has 4 rings (SSSR count). The van der Waals surface area contributed by atoms with Crippen molar-refractivity contribution in [2.45, 2.75) is 13.8 Å². The zero-order chi connectivity index (χ0) is 17.4. The van der Waals surface area contributed by atoms with Crippen LogP contribution in [0.4, 0.5) is 0 Å². The van der Waals surface area contributed by atoms with Crippen LogP contribution in [0.15, 0.2) is 60.8 Å². The number of fused-ring (bicyclic) bond motifs is 2. The van der Waals surface area contributed by atoms with Crippen LogP contribution in [0, 0.1) is 6.92 Å². The first-order chi connectivity index (χ1) is 12.2. The van der Waals surface area contributed by atoms with E-state index in [-0.39, 0.29) is 0 Å². The van der Waals surface area contributed by atoms with Crippen molar-refractivity contribution in [2.24, 2.45) is 0 Å². The Morgan fingerprint density at radius 1 is 1.08 bits per heavy atom. The van der Waals surface area contributed by atoms with Crippen molar-refractivity contribution in [1.29, 1.82) is 0 Å². The Bertz CT molecular complexity index is 1090. The van der Waals surface area contributed by atoms with Gasteiger partial charge < -0.3 is 9.14 Å². The normalized spacial score (nSPS) is 11.1. The van der Waals surface area contributed by atoms with Crippen molar-refractivity contribution < 1.29 is 9.53 Å². The van der Waals surface area contributed by atoms with Crippen LogP contribution >= 0.6 is 0 Å². The van der Waals surface area contributed by atoms with E-state index in [1.165, 1.54) is 0 Å². The SMILES string of the molecule is CCOc1ccc2ccccc2c1-c1cc2ccc(C)cn2c1C=O. The second-order valence-corrected chi connectivity index (χ2v) is 6.16. The van der Waals surface area contributed by atoms with Crippen LogP contribution < -0.4 is 4.74 Å². The van der Waals surface area contributed by atoms with Crippen molar-refractivity contribution >= 4 is 22.6 Å². The van der Waals surface area contributed by atoms with Gasteiger partial charge >= 0.3 is 0 Å². The van der Waals surface area contributed by atoms with Crippen LogP contribution in [-0.4, -0.2) is 17.3 Å². The number of pyridine rings is 1. The maximum Gasteiger partial charge on any atom is 0.167 e. The lowest BCUT2D eigenvalue weighted by molar-refractivity contribution is 0.111. The van der Waals surface area contributed by atoms with Gasteiger partial charge in [-0.05, 0) is 48.4 Å². The largest absolute Gasteiger partial charge is 0.493 e. The van der Waals surface area contributed by atoms with Gasteiger partial charge in [-0.1, -0.05) is 36.4 Å². The number of aromatic nitrogens is 1. The summed E-state index contributed by atoms with van der Waals surface area (Å²) in [7, 11) is 0.